The number of nitrogens with two attached hydrogens (primary N) is 1. The number of rotatable bonds is 2. The Morgan fingerprint density at radius 1 is 1.83 bits per heavy atom. The standard InChI is InChI=1S/C7H12N2O3/c1-5-3-12-4-7(11)9(5)2-6(8)10/h5H,2-4H2,1H3,(H2,8,10). The number of primary amides is 1. The summed E-state index contributed by atoms with van der Waals surface area (Å²) >= 11 is 0. The number of hydrogen-bond donors (Lipinski definition) is 1. The lowest BCUT2D eigenvalue weighted by Gasteiger charge is -2.31. The summed E-state index contributed by atoms with van der Waals surface area (Å²) in [6.45, 7) is 2.33. The Morgan fingerprint density at radius 2 is 2.50 bits per heavy atom. The van der Waals surface area contributed by atoms with Gasteiger partial charge in [0.1, 0.15) is 6.61 Å². The Morgan fingerprint density at radius 3 is 3.00 bits per heavy atom. The molecule has 1 rings (SSSR count). The number of ether oxygens (including phenoxy) is 1. The van der Waals surface area contributed by atoms with Gasteiger partial charge in [0.25, 0.3) is 0 Å². The van der Waals surface area contributed by atoms with Gasteiger partial charge >= 0.3 is 0 Å². The van der Waals surface area contributed by atoms with E-state index in [1.165, 1.54) is 4.90 Å². The summed E-state index contributed by atoms with van der Waals surface area (Å²) < 4.78 is 4.96. The van der Waals surface area contributed by atoms with Gasteiger partial charge in [-0.3, -0.25) is 9.59 Å². The molecule has 1 aliphatic heterocycles. The van der Waals surface area contributed by atoms with Crippen molar-refractivity contribution in [1.29, 1.82) is 0 Å². The van der Waals surface area contributed by atoms with Crippen molar-refractivity contribution >= 4 is 11.8 Å². The number of carbonyl (C=O) groups excluding carboxylic acids is 2. The van der Waals surface area contributed by atoms with Crippen LogP contribution in [0.25, 0.3) is 0 Å². The average molecular weight is 172 g/mol. The zero-order valence-corrected chi connectivity index (χ0v) is 6.95. The first-order valence-corrected chi connectivity index (χ1v) is 3.77. The van der Waals surface area contributed by atoms with Crippen molar-refractivity contribution in [2.24, 2.45) is 5.73 Å². The van der Waals surface area contributed by atoms with Crippen LogP contribution < -0.4 is 5.73 Å². The molecule has 68 valence electrons. The fraction of sp³-hybridized carbons (Fsp3) is 0.714. The highest BCUT2D eigenvalue weighted by molar-refractivity contribution is 5.85. The predicted molar refractivity (Wildman–Crippen MR) is 41.2 cm³/mol. The lowest BCUT2D eigenvalue weighted by atomic mass is 10.2. The summed E-state index contributed by atoms with van der Waals surface area (Å²) in [5, 5.41) is 0. The van der Waals surface area contributed by atoms with Crippen LogP contribution in [0.5, 0.6) is 0 Å². The molecule has 0 spiro atoms. The van der Waals surface area contributed by atoms with Gasteiger partial charge in [0.15, 0.2) is 0 Å². The monoisotopic (exact) mass is 172 g/mol. The molecule has 0 aromatic carbocycles. The molecule has 1 atom stereocenters. The van der Waals surface area contributed by atoms with Gasteiger partial charge in [-0.1, -0.05) is 0 Å². The van der Waals surface area contributed by atoms with Gasteiger partial charge in [0.05, 0.1) is 19.2 Å². The fourth-order valence-electron chi connectivity index (χ4n) is 1.15. The maximum absolute atomic E-state index is 11.1. The van der Waals surface area contributed by atoms with Crippen LogP contribution in [0.3, 0.4) is 0 Å². The highest BCUT2D eigenvalue weighted by Gasteiger charge is 2.26. The summed E-state index contributed by atoms with van der Waals surface area (Å²) in [7, 11) is 0. The average Bonchev–Trinajstić information content (AvgIpc) is 1.97. The largest absolute Gasteiger partial charge is 0.370 e. The molecule has 2 amide bonds. The smallest absolute Gasteiger partial charge is 0.249 e. The first-order chi connectivity index (χ1) is 5.61. The van der Waals surface area contributed by atoms with E-state index in [4.69, 9.17) is 10.5 Å². The molecule has 12 heavy (non-hydrogen) atoms. The summed E-state index contributed by atoms with van der Waals surface area (Å²) in [4.78, 5) is 23.1. The van der Waals surface area contributed by atoms with E-state index in [9.17, 15) is 9.59 Å². The Hall–Kier alpha value is -1.10. The minimum atomic E-state index is -0.489. The van der Waals surface area contributed by atoms with E-state index in [1.807, 2.05) is 6.92 Å². The van der Waals surface area contributed by atoms with E-state index >= 15 is 0 Å². The lowest BCUT2D eigenvalue weighted by Crippen LogP contribution is -2.51. The third-order valence-electron chi connectivity index (χ3n) is 1.76. The van der Waals surface area contributed by atoms with Crippen molar-refractivity contribution in [3.05, 3.63) is 0 Å². The maximum Gasteiger partial charge on any atom is 0.249 e. The lowest BCUT2D eigenvalue weighted by molar-refractivity contribution is -0.149. The van der Waals surface area contributed by atoms with Crippen LogP contribution in [0, 0.1) is 0 Å². The molecule has 0 saturated carbocycles. The highest BCUT2D eigenvalue weighted by atomic mass is 16.5. The molecule has 0 bridgehead atoms. The Bertz CT molecular complexity index is 205. The first kappa shape index (κ1) is 8.99. The molecule has 2 N–H and O–H groups in total. The molecule has 5 heteroatoms. The number of amides is 2. The van der Waals surface area contributed by atoms with Crippen LogP contribution in [0.15, 0.2) is 0 Å². The minimum Gasteiger partial charge on any atom is -0.370 e. The molecule has 1 fully saturated rings. The van der Waals surface area contributed by atoms with Gasteiger partial charge in [-0.2, -0.15) is 0 Å². The SMILES string of the molecule is CC1COCC(=O)N1CC(N)=O. The topological polar surface area (TPSA) is 72.6 Å². The van der Waals surface area contributed by atoms with Crippen molar-refractivity contribution in [2.45, 2.75) is 13.0 Å². The van der Waals surface area contributed by atoms with Crippen LogP contribution in [-0.2, 0) is 14.3 Å². The van der Waals surface area contributed by atoms with Crippen LogP contribution in [-0.4, -0.2) is 42.5 Å². The summed E-state index contributed by atoms with van der Waals surface area (Å²) in [5.74, 6) is -0.662. The zero-order valence-electron chi connectivity index (χ0n) is 6.95. The van der Waals surface area contributed by atoms with E-state index in [0.717, 1.165) is 0 Å². The molecular formula is C7H12N2O3. The molecule has 0 aromatic heterocycles. The maximum atomic E-state index is 11.1. The van der Waals surface area contributed by atoms with Crippen LogP contribution in [0.4, 0.5) is 0 Å². The molecule has 5 nitrogen and oxygen atoms in total. The van der Waals surface area contributed by atoms with Gasteiger partial charge in [-0.25, -0.2) is 0 Å². The number of nitrogens with zero attached hydrogens (tertiary/aromatic N) is 1. The second kappa shape index (κ2) is 3.53. The fourth-order valence-corrected chi connectivity index (χ4v) is 1.15. The number of hydrogen-bond acceptors (Lipinski definition) is 3. The third-order valence-corrected chi connectivity index (χ3v) is 1.76. The van der Waals surface area contributed by atoms with Crippen LogP contribution >= 0.6 is 0 Å². The second-order valence-electron chi connectivity index (χ2n) is 2.85. The molecule has 0 radical (unpaired) electrons. The normalized spacial score (nSPS) is 24.2. The van der Waals surface area contributed by atoms with Crippen LogP contribution in [0.2, 0.25) is 0 Å². The Kier molecular flexibility index (Phi) is 2.65. The predicted octanol–water partition coefficient (Wildman–Crippen LogP) is -1.28. The minimum absolute atomic E-state index is 0.0106. The summed E-state index contributed by atoms with van der Waals surface area (Å²) in [6, 6.07) is -0.0567. The summed E-state index contributed by atoms with van der Waals surface area (Å²) in [5.41, 5.74) is 4.97. The number of carbonyl (C=O) groups is 2. The zero-order chi connectivity index (χ0) is 9.14. The second-order valence-corrected chi connectivity index (χ2v) is 2.85. The Labute approximate surface area is 70.5 Å². The Balaban J connectivity index is 2.57. The van der Waals surface area contributed by atoms with Crippen molar-refractivity contribution in [2.75, 3.05) is 19.8 Å². The van der Waals surface area contributed by atoms with E-state index in [-0.39, 0.29) is 25.1 Å². The van der Waals surface area contributed by atoms with Crippen molar-refractivity contribution in [1.82, 2.24) is 4.90 Å². The van der Waals surface area contributed by atoms with Crippen molar-refractivity contribution < 1.29 is 14.3 Å². The van der Waals surface area contributed by atoms with Crippen LogP contribution in [0.1, 0.15) is 6.92 Å². The molecule has 1 heterocycles. The third kappa shape index (κ3) is 1.94. The molecule has 0 aromatic rings. The molecule has 1 aliphatic rings. The number of morpholine rings is 1. The van der Waals surface area contributed by atoms with Gasteiger partial charge in [-0.15, -0.1) is 0 Å². The first-order valence-electron chi connectivity index (χ1n) is 3.77. The van der Waals surface area contributed by atoms with Gasteiger partial charge < -0.3 is 15.4 Å². The van der Waals surface area contributed by atoms with Gasteiger partial charge in [0, 0.05) is 0 Å². The summed E-state index contributed by atoms with van der Waals surface area (Å²) in [6.07, 6.45) is 0. The van der Waals surface area contributed by atoms with E-state index in [2.05, 4.69) is 0 Å². The van der Waals surface area contributed by atoms with Crippen molar-refractivity contribution in [3.8, 4) is 0 Å². The molecule has 1 unspecified atom stereocenters. The van der Waals surface area contributed by atoms with E-state index < -0.39 is 5.91 Å². The highest BCUT2D eigenvalue weighted by Crippen LogP contribution is 2.06. The quantitative estimate of drug-likeness (QED) is 0.563. The molecule has 1 saturated heterocycles. The van der Waals surface area contributed by atoms with Gasteiger partial charge in [-0.05, 0) is 6.92 Å². The van der Waals surface area contributed by atoms with E-state index in [0.29, 0.717) is 6.61 Å². The van der Waals surface area contributed by atoms with Crippen molar-refractivity contribution in [3.63, 3.8) is 0 Å². The molecule has 0 aliphatic carbocycles. The van der Waals surface area contributed by atoms with Gasteiger partial charge in [0.2, 0.25) is 11.8 Å². The van der Waals surface area contributed by atoms with E-state index in [1.54, 1.807) is 0 Å². The molecular weight excluding hydrogens is 160 g/mol.